The number of ether oxygens (including phenoxy) is 3. The van der Waals surface area contributed by atoms with Crippen molar-refractivity contribution >= 4 is 40.1 Å². The molecule has 2 aromatic carbocycles. The van der Waals surface area contributed by atoms with Crippen LogP contribution in [-0.2, 0) is 22.4 Å². The molecule has 0 radical (unpaired) electrons. The van der Waals surface area contributed by atoms with Crippen LogP contribution < -0.4 is 9.47 Å². The molecule has 1 heterocycles. The fourth-order valence-corrected chi connectivity index (χ4v) is 3.58. The number of alkyl halides is 2. The van der Waals surface area contributed by atoms with Crippen LogP contribution in [0.25, 0.3) is 10.9 Å². The first kappa shape index (κ1) is 23.9. The summed E-state index contributed by atoms with van der Waals surface area (Å²) in [7, 11) is 1.19. The first-order valence-electron chi connectivity index (χ1n) is 9.47. The minimum Gasteiger partial charge on any atom is -0.481 e. The number of pyridine rings is 1. The Labute approximate surface area is 192 Å². The van der Waals surface area contributed by atoms with Gasteiger partial charge in [0.15, 0.2) is 6.61 Å². The largest absolute Gasteiger partial charge is 0.481 e. The van der Waals surface area contributed by atoms with Crippen molar-refractivity contribution in [3.63, 3.8) is 0 Å². The summed E-state index contributed by atoms with van der Waals surface area (Å²) in [5, 5.41) is 0.416. The maximum atomic E-state index is 14.5. The summed E-state index contributed by atoms with van der Waals surface area (Å²) in [5.74, 6) is -1.49. The van der Waals surface area contributed by atoms with Gasteiger partial charge in [-0.05, 0) is 36.2 Å². The van der Waals surface area contributed by atoms with Crippen molar-refractivity contribution in [3.05, 3.63) is 63.0 Å². The molecule has 0 amide bonds. The van der Waals surface area contributed by atoms with Crippen LogP contribution in [0.2, 0.25) is 10.0 Å². The molecule has 0 N–H and O–H groups in total. The Morgan fingerprint density at radius 3 is 2.56 bits per heavy atom. The molecule has 0 atom stereocenters. The van der Waals surface area contributed by atoms with Crippen molar-refractivity contribution in [1.82, 2.24) is 4.98 Å². The Hall–Kier alpha value is -2.71. The zero-order valence-corrected chi connectivity index (χ0v) is 18.6. The lowest BCUT2D eigenvalue weighted by molar-refractivity contribution is -0.142. The zero-order valence-electron chi connectivity index (χ0n) is 17.1. The SMILES string of the molecule is CCc1nc2c(Cl)ccc(OCC(=O)OC)c2c(OC(F)F)c1Cc1ccc(Cl)cc1F. The maximum absolute atomic E-state index is 14.5. The molecule has 170 valence electrons. The van der Waals surface area contributed by atoms with Crippen LogP contribution >= 0.6 is 23.2 Å². The van der Waals surface area contributed by atoms with Crippen molar-refractivity contribution in [2.45, 2.75) is 26.4 Å². The molecule has 0 saturated heterocycles. The van der Waals surface area contributed by atoms with Gasteiger partial charge in [0.2, 0.25) is 0 Å². The number of hydrogen-bond donors (Lipinski definition) is 0. The second-order valence-electron chi connectivity index (χ2n) is 6.64. The zero-order chi connectivity index (χ0) is 23.4. The molecule has 3 rings (SSSR count). The predicted molar refractivity (Wildman–Crippen MR) is 114 cm³/mol. The molecule has 0 fully saturated rings. The molecule has 0 unspecified atom stereocenters. The highest BCUT2D eigenvalue weighted by Gasteiger charge is 2.24. The van der Waals surface area contributed by atoms with Crippen molar-refractivity contribution in [1.29, 1.82) is 0 Å². The predicted octanol–water partition coefficient (Wildman–Crippen LogP) is 5.99. The van der Waals surface area contributed by atoms with Crippen LogP contribution in [0.4, 0.5) is 13.2 Å². The minimum absolute atomic E-state index is 0.0402. The smallest absolute Gasteiger partial charge is 0.387 e. The summed E-state index contributed by atoms with van der Waals surface area (Å²) < 4.78 is 56.3. The molecule has 10 heteroatoms. The lowest BCUT2D eigenvalue weighted by Crippen LogP contribution is -2.14. The number of benzene rings is 2. The highest BCUT2D eigenvalue weighted by atomic mass is 35.5. The highest BCUT2D eigenvalue weighted by molar-refractivity contribution is 6.35. The number of rotatable bonds is 8. The minimum atomic E-state index is -3.19. The Bertz CT molecular complexity index is 1160. The molecule has 3 aromatic rings. The van der Waals surface area contributed by atoms with E-state index in [-0.39, 0.29) is 50.0 Å². The van der Waals surface area contributed by atoms with Crippen LogP contribution in [0.5, 0.6) is 11.5 Å². The molecule has 1 aromatic heterocycles. The van der Waals surface area contributed by atoms with Gasteiger partial charge >= 0.3 is 12.6 Å². The van der Waals surface area contributed by atoms with E-state index >= 15 is 0 Å². The van der Waals surface area contributed by atoms with Gasteiger partial charge in [-0.25, -0.2) is 9.18 Å². The van der Waals surface area contributed by atoms with Gasteiger partial charge in [0.05, 0.1) is 23.0 Å². The van der Waals surface area contributed by atoms with Gasteiger partial charge < -0.3 is 14.2 Å². The summed E-state index contributed by atoms with van der Waals surface area (Å²) in [4.78, 5) is 16.0. The quantitative estimate of drug-likeness (QED) is 0.365. The third-order valence-electron chi connectivity index (χ3n) is 4.68. The molecular formula is C22H18Cl2F3NO4. The Morgan fingerprint density at radius 1 is 1.19 bits per heavy atom. The summed E-state index contributed by atoms with van der Waals surface area (Å²) in [5.41, 5.74) is 1.01. The summed E-state index contributed by atoms with van der Waals surface area (Å²) in [6.07, 6.45) is 0.240. The van der Waals surface area contributed by atoms with E-state index in [9.17, 15) is 18.0 Å². The summed E-state index contributed by atoms with van der Waals surface area (Å²) >= 11 is 12.1. The molecule has 0 spiro atoms. The van der Waals surface area contributed by atoms with E-state index in [1.165, 1.54) is 31.4 Å². The molecule has 32 heavy (non-hydrogen) atoms. The number of carbonyl (C=O) groups is 1. The van der Waals surface area contributed by atoms with Gasteiger partial charge in [-0.2, -0.15) is 8.78 Å². The Balaban J connectivity index is 2.27. The van der Waals surface area contributed by atoms with Crippen LogP contribution in [0.15, 0.2) is 30.3 Å². The second-order valence-corrected chi connectivity index (χ2v) is 7.49. The first-order chi connectivity index (χ1) is 15.2. The number of esters is 1. The Morgan fingerprint density at radius 2 is 1.94 bits per heavy atom. The van der Waals surface area contributed by atoms with Gasteiger partial charge in [-0.3, -0.25) is 4.98 Å². The molecule has 0 bridgehead atoms. The van der Waals surface area contributed by atoms with Gasteiger partial charge in [-0.15, -0.1) is 0 Å². The van der Waals surface area contributed by atoms with Crippen molar-refractivity contribution in [2.75, 3.05) is 13.7 Å². The lowest BCUT2D eigenvalue weighted by Gasteiger charge is -2.20. The van der Waals surface area contributed by atoms with E-state index in [2.05, 4.69) is 9.72 Å². The summed E-state index contributed by atoms with van der Waals surface area (Å²) in [6.45, 7) is -1.89. The van der Waals surface area contributed by atoms with E-state index in [4.69, 9.17) is 32.7 Å². The number of carbonyl (C=O) groups excluding carboxylic acids is 1. The fourth-order valence-electron chi connectivity index (χ4n) is 3.23. The Kier molecular flexibility index (Phi) is 7.69. The van der Waals surface area contributed by atoms with Crippen molar-refractivity contribution in [3.8, 4) is 11.5 Å². The maximum Gasteiger partial charge on any atom is 0.387 e. The number of aryl methyl sites for hydroxylation is 1. The van der Waals surface area contributed by atoms with E-state index in [1.807, 2.05) is 0 Å². The average Bonchev–Trinajstić information content (AvgIpc) is 2.75. The van der Waals surface area contributed by atoms with Crippen LogP contribution in [0, 0.1) is 5.82 Å². The molecule has 5 nitrogen and oxygen atoms in total. The van der Waals surface area contributed by atoms with Gasteiger partial charge in [-0.1, -0.05) is 36.2 Å². The number of fused-ring (bicyclic) bond motifs is 1. The molecule has 0 aliphatic carbocycles. The molecule has 0 aliphatic heterocycles. The number of aromatic nitrogens is 1. The van der Waals surface area contributed by atoms with Crippen molar-refractivity contribution in [2.24, 2.45) is 0 Å². The lowest BCUT2D eigenvalue weighted by atomic mass is 9.98. The van der Waals surface area contributed by atoms with Crippen LogP contribution in [0.1, 0.15) is 23.7 Å². The molecular weight excluding hydrogens is 470 g/mol. The van der Waals surface area contributed by atoms with E-state index in [0.717, 1.165) is 6.07 Å². The van der Waals surface area contributed by atoms with Gasteiger partial charge in [0, 0.05) is 22.7 Å². The fraction of sp³-hybridized carbons (Fsp3) is 0.273. The van der Waals surface area contributed by atoms with E-state index in [0.29, 0.717) is 12.1 Å². The van der Waals surface area contributed by atoms with E-state index < -0.39 is 25.0 Å². The van der Waals surface area contributed by atoms with Crippen LogP contribution in [0.3, 0.4) is 0 Å². The standard InChI is InChI=1S/C22H18Cl2F3NO4/c1-3-16-13(8-11-4-5-12(23)9-15(11)25)21(32-22(26)27)19-17(31-10-18(29)30-2)7-6-14(24)20(19)28-16/h4-7,9,22H,3,8,10H2,1-2H3. The number of halogens is 5. The first-order valence-corrected chi connectivity index (χ1v) is 10.2. The van der Waals surface area contributed by atoms with Gasteiger partial charge in [0.25, 0.3) is 0 Å². The summed E-state index contributed by atoms with van der Waals surface area (Å²) in [6, 6.07) is 6.96. The van der Waals surface area contributed by atoms with Gasteiger partial charge in [0.1, 0.15) is 17.3 Å². The highest BCUT2D eigenvalue weighted by Crippen LogP contribution is 2.42. The van der Waals surface area contributed by atoms with E-state index in [1.54, 1.807) is 6.92 Å². The molecule has 0 aliphatic rings. The number of hydrogen-bond acceptors (Lipinski definition) is 5. The topological polar surface area (TPSA) is 57.7 Å². The molecule has 0 saturated carbocycles. The third kappa shape index (κ3) is 5.19. The third-order valence-corrected chi connectivity index (χ3v) is 5.22. The monoisotopic (exact) mass is 487 g/mol. The van der Waals surface area contributed by atoms with Crippen LogP contribution in [-0.4, -0.2) is 31.3 Å². The normalized spacial score (nSPS) is 11.1. The number of methoxy groups -OCH3 is 1. The number of nitrogens with zero attached hydrogens (tertiary/aromatic N) is 1. The average molecular weight is 488 g/mol. The second kappa shape index (κ2) is 10.3. The van der Waals surface area contributed by atoms with Crippen molar-refractivity contribution < 1.29 is 32.2 Å².